The summed E-state index contributed by atoms with van der Waals surface area (Å²) in [7, 11) is 0. The van der Waals surface area contributed by atoms with E-state index in [2.05, 4.69) is 30.2 Å². The van der Waals surface area contributed by atoms with Gasteiger partial charge in [0.2, 0.25) is 5.95 Å². The maximum atomic E-state index is 13.1. The molecule has 31 heavy (non-hydrogen) atoms. The second-order valence-electron chi connectivity index (χ2n) is 7.52. The first-order valence-corrected chi connectivity index (χ1v) is 10.1. The van der Waals surface area contributed by atoms with Gasteiger partial charge in [0.15, 0.2) is 17.2 Å². The summed E-state index contributed by atoms with van der Waals surface area (Å²) in [6, 6.07) is 1.91. The average Bonchev–Trinajstić information content (AvgIpc) is 3.41. The molecular weight excluding hydrogens is 413 g/mol. The van der Waals surface area contributed by atoms with E-state index >= 15 is 0 Å². The molecule has 0 bridgehead atoms. The maximum absolute atomic E-state index is 13.1. The van der Waals surface area contributed by atoms with Gasteiger partial charge >= 0.3 is 6.18 Å². The molecule has 12 heteroatoms. The lowest BCUT2D eigenvalue weighted by molar-refractivity contribution is -0.140. The number of morpholine rings is 1. The molecule has 5 rings (SSSR count). The summed E-state index contributed by atoms with van der Waals surface area (Å²) < 4.78 is 45.9. The fraction of sp³-hybridized carbons (Fsp3) is 0.474. The Morgan fingerprint density at radius 2 is 1.87 bits per heavy atom. The Morgan fingerprint density at radius 1 is 1.03 bits per heavy atom. The van der Waals surface area contributed by atoms with E-state index in [1.54, 1.807) is 6.20 Å². The van der Waals surface area contributed by atoms with E-state index in [0.29, 0.717) is 38.1 Å². The van der Waals surface area contributed by atoms with Crippen LogP contribution in [-0.2, 0) is 10.9 Å². The second kappa shape index (κ2) is 7.84. The third-order valence-electron chi connectivity index (χ3n) is 5.44. The third kappa shape index (κ3) is 4.07. The van der Waals surface area contributed by atoms with Gasteiger partial charge < -0.3 is 24.3 Å². The van der Waals surface area contributed by atoms with Gasteiger partial charge in [-0.05, 0) is 12.5 Å². The molecule has 0 saturated carbocycles. The van der Waals surface area contributed by atoms with Crippen LogP contribution in [0.4, 0.5) is 30.8 Å². The maximum Gasteiger partial charge on any atom is 0.434 e. The number of imidazole rings is 1. The number of alkyl halides is 3. The first-order valence-electron chi connectivity index (χ1n) is 10.1. The highest BCUT2D eigenvalue weighted by Gasteiger charge is 2.35. The Bertz CT molecular complexity index is 1070. The fourth-order valence-corrected chi connectivity index (χ4v) is 3.91. The molecule has 0 radical (unpaired) electrons. The Kier molecular flexibility index (Phi) is 5.00. The Labute approximate surface area is 175 Å². The molecule has 0 aliphatic carbocycles. The molecule has 1 N–H and O–H groups in total. The average molecular weight is 434 g/mol. The molecule has 1 unspecified atom stereocenters. The molecule has 2 aliphatic rings. The van der Waals surface area contributed by atoms with Gasteiger partial charge in [0.1, 0.15) is 5.82 Å². The fourth-order valence-electron chi connectivity index (χ4n) is 3.91. The van der Waals surface area contributed by atoms with Gasteiger partial charge in [-0.2, -0.15) is 18.2 Å². The molecule has 2 fully saturated rings. The van der Waals surface area contributed by atoms with E-state index in [0.717, 1.165) is 31.5 Å². The first kappa shape index (κ1) is 19.8. The van der Waals surface area contributed by atoms with Gasteiger partial charge in [0, 0.05) is 57.0 Å². The summed E-state index contributed by atoms with van der Waals surface area (Å²) in [6.45, 7) is 4.12. The molecule has 5 heterocycles. The summed E-state index contributed by atoms with van der Waals surface area (Å²) >= 11 is 0. The molecule has 2 aliphatic heterocycles. The van der Waals surface area contributed by atoms with Gasteiger partial charge in [-0.1, -0.05) is 0 Å². The topological polar surface area (TPSA) is 83.7 Å². The largest absolute Gasteiger partial charge is 0.434 e. The lowest BCUT2D eigenvalue weighted by Gasteiger charge is -2.28. The van der Waals surface area contributed by atoms with Crippen LogP contribution in [0.5, 0.6) is 0 Å². The Hall–Kier alpha value is -3.15. The van der Waals surface area contributed by atoms with E-state index in [1.165, 1.54) is 16.8 Å². The molecule has 164 valence electrons. The lowest BCUT2D eigenvalue weighted by atomic mass is 10.3. The zero-order valence-corrected chi connectivity index (χ0v) is 16.6. The summed E-state index contributed by atoms with van der Waals surface area (Å²) in [5.41, 5.74) is -0.731. The number of ether oxygens (including phenoxy) is 1. The van der Waals surface area contributed by atoms with Crippen molar-refractivity contribution in [2.75, 3.05) is 54.5 Å². The predicted molar refractivity (Wildman–Crippen MR) is 107 cm³/mol. The Morgan fingerprint density at radius 3 is 2.68 bits per heavy atom. The monoisotopic (exact) mass is 434 g/mol. The summed E-state index contributed by atoms with van der Waals surface area (Å²) in [6.07, 6.45) is 1.94. The highest BCUT2D eigenvalue weighted by atomic mass is 19.4. The molecule has 0 aromatic carbocycles. The van der Waals surface area contributed by atoms with Crippen LogP contribution in [0.3, 0.4) is 0 Å². The van der Waals surface area contributed by atoms with Crippen LogP contribution in [0.1, 0.15) is 12.1 Å². The van der Waals surface area contributed by atoms with Gasteiger partial charge in [0.05, 0.1) is 13.2 Å². The summed E-state index contributed by atoms with van der Waals surface area (Å²) in [5.74, 6) is 1.81. The van der Waals surface area contributed by atoms with Crippen LogP contribution in [0.25, 0.3) is 5.65 Å². The van der Waals surface area contributed by atoms with Crippen molar-refractivity contribution in [1.29, 1.82) is 0 Å². The van der Waals surface area contributed by atoms with E-state index in [4.69, 9.17) is 4.74 Å². The zero-order valence-electron chi connectivity index (χ0n) is 16.6. The van der Waals surface area contributed by atoms with Gasteiger partial charge in [0.25, 0.3) is 0 Å². The molecule has 0 spiro atoms. The number of hydrogen-bond donors (Lipinski definition) is 1. The van der Waals surface area contributed by atoms with Crippen molar-refractivity contribution in [1.82, 2.24) is 24.3 Å². The summed E-state index contributed by atoms with van der Waals surface area (Å²) in [4.78, 5) is 21.1. The number of fused-ring (bicyclic) bond motifs is 1. The van der Waals surface area contributed by atoms with E-state index in [-0.39, 0.29) is 11.7 Å². The lowest BCUT2D eigenvalue weighted by Crippen LogP contribution is -2.37. The zero-order chi connectivity index (χ0) is 21.4. The van der Waals surface area contributed by atoms with E-state index < -0.39 is 11.9 Å². The first-order chi connectivity index (χ1) is 15.0. The molecule has 1 atom stereocenters. The highest BCUT2D eigenvalue weighted by molar-refractivity contribution is 5.65. The standard InChI is InChI=1S/C19H21F3N8O/c20-19(21,22)14-12-30-6-4-23-16(17(30)26-14)29-5-2-13(11-29)25-18-24-3-1-15(27-18)28-7-9-31-10-8-28/h1,3-4,6,12-13H,2,5,7-11H2,(H,24,25,27). The van der Waals surface area contributed by atoms with Gasteiger partial charge in [-0.15, -0.1) is 0 Å². The molecule has 3 aromatic rings. The molecule has 9 nitrogen and oxygen atoms in total. The third-order valence-corrected chi connectivity index (χ3v) is 5.44. The molecular formula is C19H21F3N8O. The molecule has 0 amide bonds. The normalized spacial score (nSPS) is 19.9. The van der Waals surface area contributed by atoms with E-state index in [9.17, 15) is 13.2 Å². The van der Waals surface area contributed by atoms with Crippen molar-refractivity contribution in [2.24, 2.45) is 0 Å². The van der Waals surface area contributed by atoms with Crippen LogP contribution < -0.4 is 15.1 Å². The van der Waals surface area contributed by atoms with Crippen LogP contribution in [-0.4, -0.2) is 69.8 Å². The number of nitrogens with one attached hydrogen (secondary N) is 1. The number of nitrogens with zero attached hydrogens (tertiary/aromatic N) is 7. The number of aromatic nitrogens is 5. The smallest absolute Gasteiger partial charge is 0.378 e. The van der Waals surface area contributed by atoms with Crippen molar-refractivity contribution in [3.63, 3.8) is 0 Å². The minimum Gasteiger partial charge on any atom is -0.378 e. The second-order valence-corrected chi connectivity index (χ2v) is 7.52. The number of halogens is 3. The van der Waals surface area contributed by atoms with Crippen molar-refractivity contribution in [3.8, 4) is 0 Å². The van der Waals surface area contributed by atoms with Crippen LogP contribution >= 0.6 is 0 Å². The Balaban J connectivity index is 1.30. The predicted octanol–water partition coefficient (Wildman–Crippen LogP) is 2.07. The quantitative estimate of drug-likeness (QED) is 0.668. The minimum absolute atomic E-state index is 0.0408. The highest BCUT2D eigenvalue weighted by Crippen LogP contribution is 2.31. The van der Waals surface area contributed by atoms with Crippen molar-refractivity contribution < 1.29 is 17.9 Å². The minimum atomic E-state index is -4.50. The molecule has 2 saturated heterocycles. The van der Waals surface area contributed by atoms with Crippen LogP contribution in [0, 0.1) is 0 Å². The van der Waals surface area contributed by atoms with E-state index in [1.807, 2.05) is 11.0 Å². The summed E-state index contributed by atoms with van der Waals surface area (Å²) in [5, 5.41) is 3.34. The van der Waals surface area contributed by atoms with Crippen molar-refractivity contribution in [2.45, 2.75) is 18.6 Å². The van der Waals surface area contributed by atoms with Crippen LogP contribution in [0.15, 0.2) is 30.9 Å². The van der Waals surface area contributed by atoms with Crippen LogP contribution in [0.2, 0.25) is 0 Å². The number of anilines is 3. The van der Waals surface area contributed by atoms with Crippen molar-refractivity contribution in [3.05, 3.63) is 36.5 Å². The number of hydrogen-bond acceptors (Lipinski definition) is 8. The number of rotatable bonds is 4. The van der Waals surface area contributed by atoms with Gasteiger partial charge in [-0.25, -0.2) is 15.0 Å². The van der Waals surface area contributed by atoms with Crippen molar-refractivity contribution >= 4 is 23.2 Å². The SMILES string of the molecule is FC(F)(F)c1cn2ccnc(N3CCC(Nc4nccc(N5CCOCC5)n4)C3)c2n1. The van der Waals surface area contributed by atoms with Gasteiger partial charge in [-0.3, -0.25) is 0 Å². The molecule has 3 aromatic heterocycles.